The average molecular weight is 353 g/mol. The number of ether oxygens (including phenoxy) is 1. The number of hydrogen-bond acceptors (Lipinski definition) is 3. The van der Waals surface area contributed by atoms with Crippen LogP contribution in [0.3, 0.4) is 0 Å². The van der Waals surface area contributed by atoms with Crippen LogP contribution in [0.25, 0.3) is 0 Å². The van der Waals surface area contributed by atoms with E-state index in [1.54, 1.807) is 0 Å². The third-order valence-corrected chi connectivity index (χ3v) is 5.39. The van der Waals surface area contributed by atoms with Crippen LogP contribution in [0.15, 0.2) is 35.6 Å². The molecular weight excluding hydrogens is 326 g/mol. The number of nitrogens with zero attached hydrogens (tertiary/aromatic N) is 3. The summed E-state index contributed by atoms with van der Waals surface area (Å²) in [5.74, 6) is 0.808. The number of rotatable bonds is 5. The summed E-state index contributed by atoms with van der Waals surface area (Å²) in [6, 6.07) is 6.49. The Kier molecular flexibility index (Phi) is 4.93. The lowest BCUT2D eigenvalue weighted by atomic mass is 9.98. The molecule has 4 rings (SSSR count). The number of aryl methyl sites for hydroxylation is 3. The minimum Gasteiger partial charge on any atom is -0.373 e. The van der Waals surface area contributed by atoms with Crippen molar-refractivity contribution in [3.63, 3.8) is 0 Å². The monoisotopic (exact) mass is 353 g/mol. The molecule has 1 fully saturated rings. The number of nitrogens with one attached hydrogen (secondary N) is 1. The van der Waals surface area contributed by atoms with Crippen molar-refractivity contribution in [1.82, 2.24) is 9.78 Å². The molecule has 2 aliphatic rings. The minimum absolute atomic E-state index is 0.0619. The Morgan fingerprint density at radius 3 is 3.12 bits per heavy atom. The molecule has 1 aromatic heterocycles. The van der Waals surface area contributed by atoms with Crippen LogP contribution in [0.1, 0.15) is 42.6 Å². The molecule has 0 bridgehead atoms. The van der Waals surface area contributed by atoms with Gasteiger partial charge in [-0.3, -0.25) is 9.67 Å². The second kappa shape index (κ2) is 7.50. The van der Waals surface area contributed by atoms with E-state index in [1.165, 1.54) is 24.0 Å². The molecule has 0 unspecified atom stereocenters. The lowest BCUT2D eigenvalue weighted by Crippen LogP contribution is -2.24. The number of aliphatic imine (C=N–C) groups is 1. The molecule has 2 atom stereocenters. The van der Waals surface area contributed by atoms with E-state index in [0.717, 1.165) is 37.2 Å². The SMILES string of the molecule is CCn1cc([C@@H]2OCC[C@H]2CN=C(N)Nc2ccc3c(c2)CCC3)cn1. The molecular formula is C20H27N5O. The maximum Gasteiger partial charge on any atom is 0.193 e. The Morgan fingerprint density at radius 1 is 1.38 bits per heavy atom. The number of benzene rings is 1. The molecule has 6 nitrogen and oxygen atoms in total. The van der Waals surface area contributed by atoms with Gasteiger partial charge in [0.25, 0.3) is 0 Å². The maximum absolute atomic E-state index is 6.12. The van der Waals surface area contributed by atoms with Crippen molar-refractivity contribution in [1.29, 1.82) is 0 Å². The summed E-state index contributed by atoms with van der Waals surface area (Å²) in [6.45, 7) is 4.37. The summed E-state index contributed by atoms with van der Waals surface area (Å²) in [7, 11) is 0. The number of fused-ring (bicyclic) bond motifs is 1. The summed E-state index contributed by atoms with van der Waals surface area (Å²) in [4.78, 5) is 4.57. The quantitative estimate of drug-likeness (QED) is 0.640. The first-order chi connectivity index (χ1) is 12.7. The molecule has 1 aromatic carbocycles. The van der Waals surface area contributed by atoms with E-state index in [1.807, 2.05) is 10.9 Å². The van der Waals surface area contributed by atoms with Gasteiger partial charge in [0.05, 0.1) is 12.3 Å². The van der Waals surface area contributed by atoms with Gasteiger partial charge in [-0.05, 0) is 55.9 Å². The van der Waals surface area contributed by atoms with Gasteiger partial charge in [-0.1, -0.05) is 6.07 Å². The van der Waals surface area contributed by atoms with Crippen LogP contribution in [0.2, 0.25) is 0 Å². The van der Waals surface area contributed by atoms with Crippen molar-refractivity contribution in [2.75, 3.05) is 18.5 Å². The first kappa shape index (κ1) is 17.1. The van der Waals surface area contributed by atoms with Crippen molar-refractivity contribution >= 4 is 11.6 Å². The Hall–Kier alpha value is -2.34. The van der Waals surface area contributed by atoms with Gasteiger partial charge >= 0.3 is 0 Å². The van der Waals surface area contributed by atoms with E-state index in [4.69, 9.17) is 10.5 Å². The van der Waals surface area contributed by atoms with Gasteiger partial charge in [0.15, 0.2) is 5.96 Å². The highest BCUT2D eigenvalue weighted by atomic mass is 16.5. The summed E-state index contributed by atoms with van der Waals surface area (Å²) < 4.78 is 7.86. The van der Waals surface area contributed by atoms with Crippen molar-refractivity contribution in [3.05, 3.63) is 47.3 Å². The van der Waals surface area contributed by atoms with Crippen molar-refractivity contribution < 1.29 is 4.74 Å². The zero-order chi connectivity index (χ0) is 17.9. The van der Waals surface area contributed by atoms with Gasteiger partial charge < -0.3 is 15.8 Å². The maximum atomic E-state index is 6.12. The molecule has 0 amide bonds. The van der Waals surface area contributed by atoms with Gasteiger partial charge in [0.1, 0.15) is 0 Å². The summed E-state index contributed by atoms with van der Waals surface area (Å²) in [5, 5.41) is 7.59. The predicted octanol–water partition coefficient (Wildman–Crippen LogP) is 2.90. The third-order valence-electron chi connectivity index (χ3n) is 5.39. The van der Waals surface area contributed by atoms with E-state index in [2.05, 4.69) is 46.7 Å². The van der Waals surface area contributed by atoms with Crippen molar-refractivity contribution in [3.8, 4) is 0 Å². The zero-order valence-corrected chi connectivity index (χ0v) is 15.3. The summed E-state index contributed by atoms with van der Waals surface area (Å²) in [6.07, 6.45) is 8.64. The minimum atomic E-state index is 0.0619. The van der Waals surface area contributed by atoms with Crippen LogP contribution >= 0.6 is 0 Å². The fraction of sp³-hybridized carbons (Fsp3) is 0.500. The van der Waals surface area contributed by atoms with Gasteiger partial charge in [0, 0.05) is 43.1 Å². The lowest BCUT2D eigenvalue weighted by molar-refractivity contribution is 0.0925. The number of nitrogens with two attached hydrogens (primary N) is 1. The topological polar surface area (TPSA) is 77.5 Å². The smallest absolute Gasteiger partial charge is 0.193 e. The predicted molar refractivity (Wildman–Crippen MR) is 103 cm³/mol. The standard InChI is InChI=1S/C20H27N5O/c1-2-25-13-17(12-23-25)19-16(8-9-26-19)11-22-20(21)24-18-7-6-14-4-3-5-15(14)10-18/h6-7,10,12-13,16,19H,2-5,8-9,11H2,1H3,(H3,21,22,24)/t16-,19+/m0/s1. The normalized spacial score (nSPS) is 22.6. The van der Waals surface area contributed by atoms with Crippen molar-refractivity contribution in [2.45, 2.75) is 45.3 Å². The number of hydrogen-bond donors (Lipinski definition) is 2. The van der Waals surface area contributed by atoms with Gasteiger partial charge in [0.2, 0.25) is 0 Å². The van der Waals surface area contributed by atoms with Crippen LogP contribution in [-0.2, 0) is 24.1 Å². The van der Waals surface area contributed by atoms with Crippen LogP contribution in [0, 0.1) is 5.92 Å². The third kappa shape index (κ3) is 3.60. The number of aromatic nitrogens is 2. The molecule has 0 spiro atoms. The van der Waals surface area contributed by atoms with E-state index in [0.29, 0.717) is 18.4 Å². The Morgan fingerprint density at radius 2 is 2.27 bits per heavy atom. The highest BCUT2D eigenvalue weighted by Gasteiger charge is 2.30. The second-order valence-corrected chi connectivity index (χ2v) is 7.16. The Bertz CT molecular complexity index is 797. The highest BCUT2D eigenvalue weighted by molar-refractivity contribution is 5.92. The Labute approximate surface area is 154 Å². The molecule has 0 radical (unpaired) electrons. The van der Waals surface area contributed by atoms with E-state index in [9.17, 15) is 0 Å². The van der Waals surface area contributed by atoms with Crippen LogP contribution in [0.4, 0.5) is 5.69 Å². The zero-order valence-electron chi connectivity index (χ0n) is 15.3. The highest BCUT2D eigenvalue weighted by Crippen LogP contribution is 2.34. The first-order valence-electron chi connectivity index (χ1n) is 9.55. The molecule has 1 aliphatic heterocycles. The van der Waals surface area contributed by atoms with Crippen LogP contribution in [-0.4, -0.2) is 28.9 Å². The summed E-state index contributed by atoms with van der Waals surface area (Å²) >= 11 is 0. The lowest BCUT2D eigenvalue weighted by Gasteiger charge is -2.15. The van der Waals surface area contributed by atoms with Crippen LogP contribution in [0.5, 0.6) is 0 Å². The largest absolute Gasteiger partial charge is 0.373 e. The number of guanidine groups is 1. The van der Waals surface area contributed by atoms with Gasteiger partial charge in [-0.25, -0.2) is 0 Å². The van der Waals surface area contributed by atoms with Crippen LogP contribution < -0.4 is 11.1 Å². The fourth-order valence-electron chi connectivity index (χ4n) is 3.94. The number of anilines is 1. The van der Waals surface area contributed by atoms with Gasteiger partial charge in [-0.2, -0.15) is 5.10 Å². The fourth-order valence-corrected chi connectivity index (χ4v) is 3.94. The van der Waals surface area contributed by atoms with Crippen molar-refractivity contribution in [2.24, 2.45) is 16.6 Å². The Balaban J connectivity index is 1.38. The molecule has 138 valence electrons. The molecule has 0 saturated carbocycles. The van der Waals surface area contributed by atoms with E-state index < -0.39 is 0 Å². The van der Waals surface area contributed by atoms with Gasteiger partial charge in [-0.15, -0.1) is 0 Å². The average Bonchev–Trinajstić information content (AvgIpc) is 3.38. The second-order valence-electron chi connectivity index (χ2n) is 7.16. The molecule has 1 saturated heterocycles. The molecule has 2 aromatic rings. The molecule has 3 N–H and O–H groups in total. The van der Waals surface area contributed by atoms with E-state index >= 15 is 0 Å². The first-order valence-corrected chi connectivity index (χ1v) is 9.55. The molecule has 2 heterocycles. The molecule has 1 aliphatic carbocycles. The van der Waals surface area contributed by atoms with E-state index in [-0.39, 0.29) is 6.10 Å². The molecule has 6 heteroatoms. The molecule has 26 heavy (non-hydrogen) atoms. The summed E-state index contributed by atoms with van der Waals surface area (Å²) in [5.41, 5.74) is 11.2.